The minimum Gasteiger partial charge on any atom is -0.465 e. The van der Waals surface area contributed by atoms with Gasteiger partial charge in [0, 0.05) is 12.5 Å². The summed E-state index contributed by atoms with van der Waals surface area (Å²) in [4.78, 5) is 112. The average molecular weight is 852 g/mol. The van der Waals surface area contributed by atoms with Gasteiger partial charge in [0.2, 0.25) is 29.5 Å². The molecule has 1 aliphatic carbocycles. The lowest BCUT2D eigenvalue weighted by Crippen LogP contribution is -2.54. The lowest BCUT2D eigenvalue weighted by Gasteiger charge is -2.24. The number of benzene rings is 2. The smallest absolute Gasteiger partial charge is 0.408 e. The van der Waals surface area contributed by atoms with Crippen LogP contribution in [0.4, 0.5) is 9.59 Å². The van der Waals surface area contributed by atoms with E-state index in [1.165, 1.54) is 13.0 Å². The SMILES string of the molecule is C=CCOC(=O)[C@H](CC(=O)OCCC(=O)NCC[C@@H](NC(=O)OC(C)(C)C)C(=O)N[C@@H](C)C(=O)NCC(=O)NCC(N)=O)NC(=O)OCC1c2ccccc2-c2ccccc21. The van der Waals surface area contributed by atoms with Crippen LogP contribution in [0.2, 0.25) is 0 Å². The topological polar surface area (TPSA) is 289 Å². The van der Waals surface area contributed by atoms with Gasteiger partial charge in [-0.05, 0) is 56.4 Å². The highest BCUT2D eigenvalue weighted by Crippen LogP contribution is 2.44. The fraction of sp³-hybridized carbons (Fsp3) is 0.439. The quantitative estimate of drug-likeness (QED) is 0.0485. The molecule has 0 bridgehead atoms. The fourth-order valence-electron chi connectivity index (χ4n) is 5.81. The zero-order chi connectivity index (χ0) is 45.1. The number of rotatable bonds is 22. The Morgan fingerprint density at radius 1 is 0.754 bits per heavy atom. The summed E-state index contributed by atoms with van der Waals surface area (Å²) in [5.74, 6) is -5.79. The number of fused-ring (bicyclic) bond motifs is 3. The summed E-state index contributed by atoms with van der Waals surface area (Å²) in [6.07, 6.45) is -1.76. The summed E-state index contributed by atoms with van der Waals surface area (Å²) in [5, 5.41) is 14.2. The molecule has 2 aromatic rings. The number of ether oxygens (including phenoxy) is 4. The molecule has 0 fully saturated rings. The van der Waals surface area contributed by atoms with Gasteiger partial charge in [0.05, 0.1) is 25.9 Å². The van der Waals surface area contributed by atoms with E-state index in [2.05, 4.69) is 38.5 Å². The van der Waals surface area contributed by atoms with Crippen molar-refractivity contribution in [2.45, 2.75) is 76.6 Å². The molecule has 2 aromatic carbocycles. The van der Waals surface area contributed by atoms with Gasteiger partial charge >= 0.3 is 24.1 Å². The molecule has 330 valence electrons. The molecule has 1 aliphatic rings. The molecule has 0 spiro atoms. The molecule has 61 heavy (non-hydrogen) atoms. The van der Waals surface area contributed by atoms with Crippen molar-refractivity contribution < 1.29 is 62.1 Å². The normalized spacial score (nSPS) is 13.0. The van der Waals surface area contributed by atoms with E-state index in [0.29, 0.717) is 0 Å². The Morgan fingerprint density at radius 3 is 1.98 bits per heavy atom. The van der Waals surface area contributed by atoms with Crippen molar-refractivity contribution in [3.8, 4) is 11.1 Å². The molecule has 0 radical (unpaired) electrons. The molecule has 0 unspecified atom stereocenters. The highest BCUT2D eigenvalue weighted by atomic mass is 16.6. The molecule has 0 saturated heterocycles. The number of hydrogen-bond donors (Lipinski definition) is 7. The first-order valence-electron chi connectivity index (χ1n) is 19.3. The Bertz CT molecular complexity index is 1900. The van der Waals surface area contributed by atoms with Gasteiger partial charge in [-0.25, -0.2) is 14.4 Å². The van der Waals surface area contributed by atoms with E-state index in [1.54, 1.807) is 20.8 Å². The third-order valence-corrected chi connectivity index (χ3v) is 8.62. The van der Waals surface area contributed by atoms with Crippen LogP contribution in [0.1, 0.15) is 64.0 Å². The van der Waals surface area contributed by atoms with Gasteiger partial charge in [-0.3, -0.25) is 28.8 Å². The number of amides is 7. The van der Waals surface area contributed by atoms with Gasteiger partial charge in [0.1, 0.15) is 43.5 Å². The van der Waals surface area contributed by atoms with Crippen molar-refractivity contribution in [2.24, 2.45) is 5.73 Å². The molecule has 20 nitrogen and oxygen atoms in total. The molecule has 0 aliphatic heterocycles. The summed E-state index contributed by atoms with van der Waals surface area (Å²) < 4.78 is 20.9. The number of esters is 2. The first kappa shape index (κ1) is 48.4. The number of hydrogen-bond acceptors (Lipinski definition) is 13. The summed E-state index contributed by atoms with van der Waals surface area (Å²) >= 11 is 0. The van der Waals surface area contributed by atoms with Crippen LogP contribution in [-0.2, 0) is 52.5 Å². The monoisotopic (exact) mass is 851 g/mol. The Balaban J connectivity index is 1.49. The maximum Gasteiger partial charge on any atom is 0.408 e. The largest absolute Gasteiger partial charge is 0.465 e. The summed E-state index contributed by atoms with van der Waals surface area (Å²) in [5.41, 5.74) is 8.06. The van der Waals surface area contributed by atoms with Crippen LogP contribution in [0.15, 0.2) is 61.2 Å². The maximum absolute atomic E-state index is 13.1. The van der Waals surface area contributed by atoms with Crippen LogP contribution < -0.4 is 37.6 Å². The highest BCUT2D eigenvalue weighted by Gasteiger charge is 2.32. The van der Waals surface area contributed by atoms with Gasteiger partial charge in [0.15, 0.2) is 0 Å². The Hall–Kier alpha value is -6.99. The van der Waals surface area contributed by atoms with E-state index in [9.17, 15) is 43.2 Å². The van der Waals surface area contributed by atoms with Crippen molar-refractivity contribution in [1.29, 1.82) is 0 Å². The Morgan fingerprint density at radius 2 is 1.38 bits per heavy atom. The highest BCUT2D eigenvalue weighted by molar-refractivity contribution is 5.93. The molecule has 3 rings (SSSR count). The summed E-state index contributed by atoms with van der Waals surface area (Å²) in [6.45, 7) is 7.88. The van der Waals surface area contributed by atoms with Gasteiger partial charge in [-0.1, -0.05) is 61.2 Å². The Labute approximate surface area is 352 Å². The molecule has 0 saturated carbocycles. The first-order chi connectivity index (χ1) is 28.9. The molecule has 0 aromatic heterocycles. The summed E-state index contributed by atoms with van der Waals surface area (Å²) in [7, 11) is 0. The molecule has 3 atom stereocenters. The molecule has 0 heterocycles. The minimum atomic E-state index is -1.49. The van der Waals surface area contributed by atoms with Crippen LogP contribution in [-0.4, -0.2) is 117 Å². The number of primary amides is 1. The van der Waals surface area contributed by atoms with Crippen molar-refractivity contribution in [2.75, 3.05) is 39.5 Å². The number of carbonyl (C=O) groups excluding carboxylic acids is 9. The predicted octanol–water partition coefficient (Wildman–Crippen LogP) is 0.568. The van der Waals surface area contributed by atoms with Crippen molar-refractivity contribution >= 4 is 53.7 Å². The van der Waals surface area contributed by atoms with Crippen LogP contribution in [0, 0.1) is 0 Å². The lowest BCUT2D eigenvalue weighted by atomic mass is 9.98. The zero-order valence-electron chi connectivity index (χ0n) is 34.5. The van der Waals surface area contributed by atoms with E-state index in [-0.39, 0.29) is 38.5 Å². The Kier molecular flexibility index (Phi) is 18.7. The second-order valence-corrected chi connectivity index (χ2v) is 14.6. The van der Waals surface area contributed by atoms with Crippen LogP contribution in [0.5, 0.6) is 0 Å². The number of carbonyl (C=O) groups is 9. The number of alkyl carbamates (subject to hydrolysis) is 2. The standard InChI is InChI=1S/C41H53N7O13/c1-6-18-59-38(55)31(48-39(56)60-23-29-27-13-9-7-11-25(27)26-12-8-10-14-28(26)29)20-35(52)58-19-16-33(50)43-17-15-30(47-40(57)61-41(3,4)5)37(54)46-24(2)36(53)45-22-34(51)44-21-32(42)49/h6-14,24,29-31H,1,15-23H2,2-5H3,(H2,42,49)(H,43,50)(H,44,51)(H,45,53)(H,46,54)(H,47,57)(H,48,56)/t24-,30+,31-/m0/s1. The number of nitrogens with two attached hydrogens (primary N) is 1. The second-order valence-electron chi connectivity index (χ2n) is 14.6. The van der Waals surface area contributed by atoms with E-state index >= 15 is 0 Å². The predicted molar refractivity (Wildman–Crippen MR) is 217 cm³/mol. The van der Waals surface area contributed by atoms with Crippen molar-refractivity contribution in [1.82, 2.24) is 31.9 Å². The fourth-order valence-corrected chi connectivity index (χ4v) is 5.81. The van der Waals surface area contributed by atoms with E-state index in [4.69, 9.17) is 24.7 Å². The summed E-state index contributed by atoms with van der Waals surface area (Å²) in [6, 6.07) is 11.5. The average Bonchev–Trinajstić information content (AvgIpc) is 3.52. The number of nitrogens with one attached hydrogen (secondary N) is 6. The van der Waals surface area contributed by atoms with Gasteiger partial charge in [0.25, 0.3) is 0 Å². The first-order valence-corrected chi connectivity index (χ1v) is 19.3. The second kappa shape index (κ2) is 23.6. The molecule has 20 heteroatoms. The van der Waals surface area contributed by atoms with Crippen molar-refractivity contribution in [3.63, 3.8) is 0 Å². The van der Waals surface area contributed by atoms with Crippen LogP contribution in [0.25, 0.3) is 11.1 Å². The van der Waals surface area contributed by atoms with E-state index in [0.717, 1.165) is 22.3 Å². The van der Waals surface area contributed by atoms with Gasteiger partial charge in [-0.15, -0.1) is 0 Å². The van der Waals surface area contributed by atoms with Gasteiger partial charge < -0.3 is 56.6 Å². The van der Waals surface area contributed by atoms with Crippen LogP contribution >= 0.6 is 0 Å². The minimum absolute atomic E-state index is 0.0460. The molecule has 8 N–H and O–H groups in total. The molecule has 7 amide bonds. The molecular weight excluding hydrogens is 798 g/mol. The van der Waals surface area contributed by atoms with Crippen LogP contribution in [0.3, 0.4) is 0 Å². The van der Waals surface area contributed by atoms with Crippen molar-refractivity contribution in [3.05, 3.63) is 72.3 Å². The third kappa shape index (κ3) is 16.7. The zero-order valence-corrected chi connectivity index (χ0v) is 34.5. The molecular formula is C41H53N7O13. The lowest BCUT2D eigenvalue weighted by molar-refractivity contribution is -0.152. The van der Waals surface area contributed by atoms with Gasteiger partial charge in [-0.2, -0.15) is 0 Å². The van der Waals surface area contributed by atoms with E-state index < -0.39 is 104 Å². The van der Waals surface area contributed by atoms with E-state index in [1.807, 2.05) is 48.5 Å². The third-order valence-electron chi connectivity index (χ3n) is 8.62. The maximum atomic E-state index is 13.1.